The number of hydrogen-bond acceptors (Lipinski definition) is 4. The topological polar surface area (TPSA) is 72.8 Å². The Morgan fingerprint density at radius 3 is 2.38 bits per heavy atom. The smallest absolute Gasteiger partial charge is 0.397 e. The van der Waals surface area contributed by atoms with Crippen molar-refractivity contribution in [1.82, 2.24) is 0 Å². The van der Waals surface area contributed by atoms with E-state index in [4.69, 9.17) is 9.29 Å². The van der Waals surface area contributed by atoms with Crippen molar-refractivity contribution in [2.75, 3.05) is 13.7 Å². The van der Waals surface area contributed by atoms with Gasteiger partial charge in [0.25, 0.3) is 0 Å². The molecule has 1 rings (SSSR count). The fraction of sp³-hybridized carbons (Fsp3) is 0.400. The monoisotopic (exact) mass is 246 g/mol. The number of methoxy groups -OCH3 is 1. The molecule has 0 saturated heterocycles. The maximum Gasteiger partial charge on any atom is 0.397 e. The first-order valence-corrected chi connectivity index (χ1v) is 6.12. The van der Waals surface area contributed by atoms with E-state index in [1.165, 1.54) is 0 Å². The van der Waals surface area contributed by atoms with Crippen LogP contribution in [0.5, 0.6) is 5.75 Å². The SMILES string of the molecule is COc1ccc(CCCOS(=O)(=O)O)cc1. The molecule has 0 fully saturated rings. The largest absolute Gasteiger partial charge is 0.497 e. The molecular weight excluding hydrogens is 232 g/mol. The first kappa shape index (κ1) is 13.0. The molecule has 0 amide bonds. The molecule has 0 bridgehead atoms. The second-order valence-corrected chi connectivity index (χ2v) is 4.29. The van der Waals surface area contributed by atoms with Gasteiger partial charge < -0.3 is 4.74 Å². The van der Waals surface area contributed by atoms with Crippen molar-refractivity contribution in [3.05, 3.63) is 29.8 Å². The van der Waals surface area contributed by atoms with Gasteiger partial charge in [-0.15, -0.1) is 0 Å². The molecule has 90 valence electrons. The Labute approximate surface area is 95.0 Å². The van der Waals surface area contributed by atoms with E-state index in [2.05, 4.69) is 4.18 Å². The minimum atomic E-state index is -4.31. The predicted molar refractivity (Wildman–Crippen MR) is 58.8 cm³/mol. The van der Waals surface area contributed by atoms with Crippen LogP contribution in [0.4, 0.5) is 0 Å². The lowest BCUT2D eigenvalue weighted by Crippen LogP contribution is -2.05. The summed E-state index contributed by atoms with van der Waals surface area (Å²) in [6.07, 6.45) is 1.20. The van der Waals surface area contributed by atoms with E-state index in [1.807, 2.05) is 24.3 Å². The normalized spacial score (nSPS) is 11.4. The van der Waals surface area contributed by atoms with E-state index in [9.17, 15) is 8.42 Å². The zero-order chi connectivity index (χ0) is 12.0. The molecule has 16 heavy (non-hydrogen) atoms. The molecule has 1 aromatic rings. The van der Waals surface area contributed by atoms with Crippen LogP contribution in [0.25, 0.3) is 0 Å². The van der Waals surface area contributed by atoms with E-state index >= 15 is 0 Å². The molecule has 0 unspecified atom stereocenters. The van der Waals surface area contributed by atoms with Crippen LogP contribution in [0.3, 0.4) is 0 Å². The molecule has 0 aliphatic carbocycles. The standard InChI is InChI=1S/C10H14O5S/c1-14-10-6-4-9(5-7-10)3-2-8-15-16(11,12)13/h4-7H,2-3,8H2,1H3,(H,11,12,13). The number of benzene rings is 1. The van der Waals surface area contributed by atoms with E-state index in [0.717, 1.165) is 11.3 Å². The van der Waals surface area contributed by atoms with Gasteiger partial charge in [-0.1, -0.05) is 12.1 Å². The molecule has 0 heterocycles. The zero-order valence-corrected chi connectivity index (χ0v) is 9.74. The van der Waals surface area contributed by atoms with Crippen molar-refractivity contribution in [2.45, 2.75) is 12.8 Å². The van der Waals surface area contributed by atoms with Crippen molar-refractivity contribution >= 4 is 10.4 Å². The van der Waals surface area contributed by atoms with Gasteiger partial charge in [0.2, 0.25) is 0 Å². The van der Waals surface area contributed by atoms with Crippen LogP contribution in [-0.2, 0) is 21.0 Å². The summed E-state index contributed by atoms with van der Waals surface area (Å²) in [5.74, 6) is 0.776. The highest BCUT2D eigenvalue weighted by Gasteiger charge is 2.03. The molecule has 1 N–H and O–H groups in total. The van der Waals surface area contributed by atoms with Crippen LogP contribution in [0.15, 0.2) is 24.3 Å². The molecule has 0 aliphatic heterocycles. The maximum absolute atomic E-state index is 10.2. The van der Waals surface area contributed by atoms with Crippen LogP contribution in [0.2, 0.25) is 0 Å². The van der Waals surface area contributed by atoms with E-state index < -0.39 is 10.4 Å². The van der Waals surface area contributed by atoms with Gasteiger partial charge in [0.1, 0.15) is 5.75 Å². The van der Waals surface area contributed by atoms with Crippen molar-refractivity contribution in [3.8, 4) is 5.75 Å². The van der Waals surface area contributed by atoms with Crippen LogP contribution >= 0.6 is 0 Å². The predicted octanol–water partition coefficient (Wildman–Crippen LogP) is 1.45. The minimum absolute atomic E-state index is 0.0230. The van der Waals surface area contributed by atoms with E-state index in [1.54, 1.807) is 7.11 Å². The molecule has 5 nitrogen and oxygen atoms in total. The molecule has 0 spiro atoms. The number of ether oxygens (including phenoxy) is 1. The summed E-state index contributed by atoms with van der Waals surface area (Å²) < 4.78 is 38.0. The number of hydrogen-bond donors (Lipinski definition) is 1. The lowest BCUT2D eigenvalue weighted by atomic mass is 10.1. The molecule has 1 aromatic carbocycles. The third kappa shape index (κ3) is 5.11. The van der Waals surface area contributed by atoms with E-state index in [-0.39, 0.29) is 6.61 Å². The van der Waals surface area contributed by atoms with Gasteiger partial charge in [-0.05, 0) is 30.5 Å². The van der Waals surface area contributed by atoms with Crippen molar-refractivity contribution in [1.29, 1.82) is 0 Å². The fourth-order valence-electron chi connectivity index (χ4n) is 1.23. The van der Waals surface area contributed by atoms with E-state index in [0.29, 0.717) is 12.8 Å². The summed E-state index contributed by atoms with van der Waals surface area (Å²) in [4.78, 5) is 0. The highest BCUT2D eigenvalue weighted by Crippen LogP contribution is 2.12. The zero-order valence-electron chi connectivity index (χ0n) is 8.92. The highest BCUT2D eigenvalue weighted by atomic mass is 32.3. The molecule has 0 saturated carbocycles. The Morgan fingerprint density at radius 2 is 1.88 bits per heavy atom. The quantitative estimate of drug-likeness (QED) is 0.607. The summed E-state index contributed by atoms with van der Waals surface area (Å²) in [5.41, 5.74) is 1.06. The first-order valence-electron chi connectivity index (χ1n) is 4.76. The van der Waals surface area contributed by atoms with Gasteiger partial charge in [-0.25, -0.2) is 4.18 Å². The average Bonchev–Trinajstić information content (AvgIpc) is 2.24. The third-order valence-corrected chi connectivity index (χ3v) is 2.47. The third-order valence-electron chi connectivity index (χ3n) is 2.00. The Morgan fingerprint density at radius 1 is 1.25 bits per heavy atom. The Hall–Kier alpha value is -1.11. The molecule has 0 aliphatic rings. The van der Waals surface area contributed by atoms with Crippen LogP contribution in [0.1, 0.15) is 12.0 Å². The Balaban J connectivity index is 2.32. The van der Waals surface area contributed by atoms with Gasteiger partial charge in [0.15, 0.2) is 0 Å². The molecule has 6 heteroatoms. The molecule has 0 atom stereocenters. The maximum atomic E-state index is 10.2. The van der Waals surface area contributed by atoms with Gasteiger partial charge >= 0.3 is 10.4 Å². The van der Waals surface area contributed by atoms with Gasteiger partial charge in [0, 0.05) is 0 Å². The summed E-state index contributed by atoms with van der Waals surface area (Å²) >= 11 is 0. The molecule has 0 radical (unpaired) electrons. The van der Waals surface area contributed by atoms with Gasteiger partial charge in [0.05, 0.1) is 13.7 Å². The van der Waals surface area contributed by atoms with Crippen molar-refractivity contribution in [2.24, 2.45) is 0 Å². The second-order valence-electron chi connectivity index (χ2n) is 3.20. The summed E-state index contributed by atoms with van der Waals surface area (Å²) in [6.45, 7) is -0.0230. The second kappa shape index (κ2) is 5.83. The lowest BCUT2D eigenvalue weighted by Gasteiger charge is -2.03. The number of aryl methyl sites for hydroxylation is 1. The average molecular weight is 246 g/mol. The van der Waals surface area contributed by atoms with Gasteiger partial charge in [-0.3, -0.25) is 4.55 Å². The first-order chi connectivity index (χ1) is 7.51. The lowest BCUT2D eigenvalue weighted by molar-refractivity contribution is 0.265. The van der Waals surface area contributed by atoms with Crippen molar-refractivity contribution < 1.29 is 21.9 Å². The summed E-state index contributed by atoms with van der Waals surface area (Å²) in [6, 6.07) is 7.45. The van der Waals surface area contributed by atoms with Crippen LogP contribution in [0, 0.1) is 0 Å². The van der Waals surface area contributed by atoms with Crippen molar-refractivity contribution in [3.63, 3.8) is 0 Å². The Kier molecular flexibility index (Phi) is 4.72. The van der Waals surface area contributed by atoms with Crippen LogP contribution < -0.4 is 4.74 Å². The Bertz CT molecular complexity index is 409. The molecule has 0 aromatic heterocycles. The summed E-state index contributed by atoms with van der Waals surface area (Å²) in [5, 5.41) is 0. The highest BCUT2D eigenvalue weighted by molar-refractivity contribution is 7.80. The van der Waals surface area contributed by atoms with Gasteiger partial charge in [-0.2, -0.15) is 8.42 Å². The fourth-order valence-corrected chi connectivity index (χ4v) is 1.56. The van der Waals surface area contributed by atoms with Crippen LogP contribution in [-0.4, -0.2) is 26.7 Å². The number of rotatable bonds is 6. The minimum Gasteiger partial charge on any atom is -0.497 e. The molecular formula is C10H14O5S. The summed E-state index contributed by atoms with van der Waals surface area (Å²) in [7, 11) is -2.72.